The number of hydrogen-bond donors (Lipinski definition) is 25. The van der Waals surface area contributed by atoms with E-state index < -0.39 is 223 Å². The maximum absolute atomic E-state index is 14.9. The quantitative estimate of drug-likeness (QED) is 0.0164. The third-order valence-corrected chi connectivity index (χ3v) is 19.9. The van der Waals surface area contributed by atoms with E-state index in [-0.39, 0.29) is 127 Å². The number of thioether (sulfide) groups is 1. The van der Waals surface area contributed by atoms with Gasteiger partial charge in [0.2, 0.25) is 88.6 Å². The highest BCUT2D eigenvalue weighted by Crippen LogP contribution is 2.17. The van der Waals surface area contributed by atoms with E-state index in [0.29, 0.717) is 30.7 Å². The van der Waals surface area contributed by atoms with Gasteiger partial charge in [-0.25, -0.2) is 9.78 Å². The first kappa shape index (κ1) is 108. The van der Waals surface area contributed by atoms with Crippen LogP contribution in [0.15, 0.2) is 22.5 Å². The summed E-state index contributed by atoms with van der Waals surface area (Å²) in [5.41, 5.74) is 45.3. The molecule has 1 aromatic rings. The number of rotatable bonds is 62. The summed E-state index contributed by atoms with van der Waals surface area (Å²) in [6, 6.07) is -19.9. The average molecular weight is 1740 g/mol. The second-order valence-corrected chi connectivity index (χ2v) is 32.2. The summed E-state index contributed by atoms with van der Waals surface area (Å²) >= 11 is 1.38. The van der Waals surface area contributed by atoms with Gasteiger partial charge in [-0.1, -0.05) is 75.7 Å². The minimum atomic E-state index is -1.64. The van der Waals surface area contributed by atoms with Gasteiger partial charge in [-0.3, -0.25) is 81.9 Å². The molecule has 0 aliphatic carbocycles. The fourth-order valence-electron chi connectivity index (χ4n) is 12.2. The number of aliphatic imine (C=N–C) groups is 2. The number of carboxylic acid groups (broad SMARTS) is 1. The van der Waals surface area contributed by atoms with Crippen LogP contribution in [0.1, 0.15) is 185 Å². The van der Waals surface area contributed by atoms with Gasteiger partial charge in [0.15, 0.2) is 11.9 Å². The number of aliphatic carboxylic acids is 1. The minimum absolute atomic E-state index is 0.00313. The van der Waals surface area contributed by atoms with Crippen molar-refractivity contribution in [2.75, 3.05) is 51.3 Å². The van der Waals surface area contributed by atoms with Crippen molar-refractivity contribution in [1.29, 1.82) is 0 Å². The number of nitrogens with zero attached hydrogens (tertiary/aromatic N) is 3. The van der Waals surface area contributed by atoms with Crippen LogP contribution in [-0.2, 0) is 83.1 Å². The molecule has 0 unspecified atom stereocenters. The fraction of sp³-hybridized carbons (Fsp3) is 0.724. The number of aromatic nitrogens is 2. The van der Waals surface area contributed by atoms with E-state index in [9.17, 15) is 86.9 Å². The second-order valence-electron chi connectivity index (χ2n) is 31.3. The first-order valence-electron chi connectivity index (χ1n) is 41.0. The molecule has 0 aliphatic heterocycles. The number of amides is 15. The standard InChI is InChI=1S/C76H138N26O18S/c1-13-43(10)60(73(118)95-48(22-18-29-86-75(81)82)65(110)92-46(20-14-16-27-77)63(108)91-47(21-15-17-28-78)64(109)94-51(26-31-121-12)67(112)101-59(42(8)9)74(119)120)102-70(115)54(34-45-36-85-38-88-45)97-61(106)44(11)89-62(107)50(24-25-56(80)104)96-72(117)58(41(6)7)100-66(111)49(23-19-30-87-76(83)84)93-68(113)52(32-39(2)3)98-69(114)53(33-40(4)5)99-71(116)55(37-103)90-57(105)35-79/h36,38-44,46-55,58-60,103H,13-35,37,77-79H2,1-12H3,(H2,80,104)(H,85,88)(H,89,107)(H,90,105)(H,91,108)(H,92,110)(H,93,113)(H,94,109)(H,95,118)(H,96,117)(H,97,106)(H,98,114)(H,99,116)(H,100,111)(H,101,112)(H,102,115)(H,119,120)(H4,81,82,86)(H4,83,84,87)/t43-,44-,46-,47-,48-,49-,50-,51-,52-,53-,54-,55-,58-,59-,60-/m0/s1. The number of primary amides is 1. The second kappa shape index (κ2) is 58.4. The Kier molecular flexibility index (Phi) is 52.4. The van der Waals surface area contributed by atoms with Crippen molar-refractivity contribution in [1.82, 2.24) is 84.4 Å². The van der Waals surface area contributed by atoms with Gasteiger partial charge in [0.05, 0.1) is 19.5 Å². The molecule has 0 aromatic carbocycles. The maximum Gasteiger partial charge on any atom is 0.326 e. The van der Waals surface area contributed by atoms with Gasteiger partial charge >= 0.3 is 5.97 Å². The number of H-pyrrole nitrogens is 1. The number of imidazole rings is 1. The van der Waals surface area contributed by atoms with Crippen molar-refractivity contribution in [2.24, 2.45) is 85.4 Å². The summed E-state index contributed by atoms with van der Waals surface area (Å²) in [4.78, 5) is 238. The lowest BCUT2D eigenvalue weighted by Gasteiger charge is -2.30. The molecule has 686 valence electrons. The number of nitrogens with two attached hydrogens (primary N) is 8. The molecular formula is C76H138N26O18S. The lowest BCUT2D eigenvalue weighted by molar-refractivity contribution is -0.143. The van der Waals surface area contributed by atoms with Gasteiger partial charge in [-0.05, 0) is 152 Å². The van der Waals surface area contributed by atoms with Gasteiger partial charge in [-0.2, -0.15) is 11.8 Å². The van der Waals surface area contributed by atoms with Crippen LogP contribution in [0.4, 0.5) is 0 Å². The first-order valence-corrected chi connectivity index (χ1v) is 42.4. The molecule has 0 bridgehead atoms. The zero-order valence-electron chi connectivity index (χ0n) is 71.9. The van der Waals surface area contributed by atoms with E-state index in [0.717, 1.165) is 0 Å². The van der Waals surface area contributed by atoms with E-state index in [1.807, 2.05) is 0 Å². The van der Waals surface area contributed by atoms with Crippen molar-refractivity contribution >= 4 is 118 Å². The monoisotopic (exact) mass is 1740 g/mol. The number of nitrogens with one attached hydrogen (secondary N) is 15. The van der Waals surface area contributed by atoms with Crippen LogP contribution in [0.5, 0.6) is 0 Å². The summed E-state index contributed by atoms with van der Waals surface area (Å²) in [5.74, 6) is -17.2. The van der Waals surface area contributed by atoms with E-state index >= 15 is 0 Å². The van der Waals surface area contributed by atoms with E-state index in [4.69, 9.17) is 45.9 Å². The molecule has 1 heterocycles. The summed E-state index contributed by atoms with van der Waals surface area (Å²) in [5, 5.41) is 56.2. The maximum atomic E-state index is 14.9. The van der Waals surface area contributed by atoms with Gasteiger partial charge in [0.25, 0.3) is 0 Å². The summed E-state index contributed by atoms with van der Waals surface area (Å²) in [7, 11) is 0. The summed E-state index contributed by atoms with van der Waals surface area (Å²) in [6.45, 7) is 17.0. The molecular weight excluding hydrogens is 1600 g/mol. The van der Waals surface area contributed by atoms with Crippen LogP contribution in [0, 0.1) is 29.6 Å². The Morgan fingerprint density at radius 2 is 0.793 bits per heavy atom. The molecule has 0 spiro atoms. The first-order chi connectivity index (χ1) is 57.0. The molecule has 44 nitrogen and oxygen atoms in total. The number of carbonyl (C=O) groups excluding carboxylic acids is 15. The largest absolute Gasteiger partial charge is 0.480 e. The van der Waals surface area contributed by atoms with Crippen LogP contribution < -0.4 is 120 Å². The van der Waals surface area contributed by atoms with Crippen molar-refractivity contribution in [3.8, 4) is 0 Å². The molecule has 0 saturated heterocycles. The van der Waals surface area contributed by atoms with Crippen LogP contribution in [-0.4, -0.2) is 263 Å². The Morgan fingerprint density at radius 1 is 0.430 bits per heavy atom. The summed E-state index contributed by atoms with van der Waals surface area (Å²) in [6.07, 6.45) is 4.88. The molecule has 1 rings (SSSR count). The molecule has 121 heavy (non-hydrogen) atoms. The van der Waals surface area contributed by atoms with Crippen molar-refractivity contribution in [2.45, 2.75) is 270 Å². The van der Waals surface area contributed by atoms with Crippen LogP contribution in [0.3, 0.4) is 0 Å². The number of carboxylic acids is 1. The molecule has 45 heteroatoms. The number of guanidine groups is 2. The van der Waals surface area contributed by atoms with Crippen molar-refractivity contribution in [3.63, 3.8) is 0 Å². The number of aromatic amines is 1. The Balaban J connectivity index is 3.78. The highest BCUT2D eigenvalue weighted by molar-refractivity contribution is 7.98. The lowest BCUT2D eigenvalue weighted by atomic mass is 9.96. The van der Waals surface area contributed by atoms with Gasteiger partial charge in [-0.15, -0.1) is 0 Å². The number of hydrogen-bond acceptors (Lipinski definition) is 24. The fourth-order valence-corrected chi connectivity index (χ4v) is 12.6. The zero-order chi connectivity index (χ0) is 91.8. The predicted octanol–water partition coefficient (Wildman–Crippen LogP) is -6.37. The molecule has 33 N–H and O–H groups in total. The number of unbranched alkanes of at least 4 members (excludes halogenated alkanes) is 2. The van der Waals surface area contributed by atoms with Crippen LogP contribution >= 0.6 is 11.8 Å². The SMILES string of the molecule is CC[C@H](C)[C@H](NC(=O)[C@H](Cc1cnc[nH]1)NC(=O)[C@H](C)NC(=O)[C@H](CCC(N)=O)NC(=O)[C@@H](NC(=O)[C@H](CCCN=C(N)N)NC(=O)[C@H](CC(C)C)NC(=O)[C@H](CC(C)C)NC(=O)[C@H](CO)NC(=O)CN)C(C)C)C(=O)N[C@@H](CCCN=C(N)N)C(=O)N[C@@H](CCCCN)C(=O)N[C@@H](CCCCN)C(=O)N[C@@H](CCSC)C(=O)N[C@H](C(=O)O)C(C)C. The van der Waals surface area contributed by atoms with Gasteiger partial charge in [0.1, 0.15) is 84.6 Å². The number of aliphatic hydroxyl groups is 1. The molecule has 0 saturated carbocycles. The smallest absolute Gasteiger partial charge is 0.326 e. The van der Waals surface area contributed by atoms with Gasteiger partial charge < -0.3 is 136 Å². The third kappa shape index (κ3) is 43.0. The Bertz CT molecular complexity index is 3550. The molecule has 0 aliphatic rings. The predicted molar refractivity (Wildman–Crippen MR) is 454 cm³/mol. The van der Waals surface area contributed by atoms with E-state index in [1.54, 1.807) is 75.5 Å². The minimum Gasteiger partial charge on any atom is -0.480 e. The third-order valence-electron chi connectivity index (χ3n) is 19.2. The topological polar surface area (TPSA) is 744 Å². The van der Waals surface area contributed by atoms with Crippen molar-refractivity contribution in [3.05, 3.63) is 18.2 Å². The summed E-state index contributed by atoms with van der Waals surface area (Å²) < 4.78 is 0. The molecule has 1 aromatic heterocycles. The van der Waals surface area contributed by atoms with Crippen LogP contribution in [0.2, 0.25) is 0 Å². The van der Waals surface area contributed by atoms with Crippen LogP contribution in [0.25, 0.3) is 0 Å². The highest BCUT2D eigenvalue weighted by Gasteiger charge is 2.40. The van der Waals surface area contributed by atoms with E-state index in [2.05, 4.69) is 94.4 Å². The van der Waals surface area contributed by atoms with Gasteiger partial charge in [0, 0.05) is 37.8 Å². The Hall–Kier alpha value is -10.5. The zero-order valence-corrected chi connectivity index (χ0v) is 72.7. The molecule has 0 fully saturated rings. The Labute approximate surface area is 711 Å². The highest BCUT2D eigenvalue weighted by atomic mass is 32.2. The molecule has 15 amide bonds. The van der Waals surface area contributed by atoms with E-state index in [1.165, 1.54) is 31.2 Å². The van der Waals surface area contributed by atoms with Crippen molar-refractivity contribution < 1.29 is 86.9 Å². The Morgan fingerprint density at radius 3 is 1.17 bits per heavy atom. The number of aliphatic hydroxyl groups excluding tert-OH is 1. The molecule has 0 radical (unpaired) electrons. The normalized spacial score (nSPS) is 15.0. The average Bonchev–Trinajstić information content (AvgIpc) is 1.74. The lowest BCUT2D eigenvalue weighted by Crippen LogP contribution is -2.62. The molecule has 15 atom stereocenters. The number of carbonyl (C=O) groups is 16.